The predicted molar refractivity (Wildman–Crippen MR) is 39.1 cm³/mol. The molecule has 62 valence electrons. The van der Waals surface area contributed by atoms with Crippen LogP contribution in [0.4, 0.5) is 8.78 Å². The van der Waals surface area contributed by atoms with Crippen molar-refractivity contribution in [3.8, 4) is 0 Å². The van der Waals surface area contributed by atoms with Crippen molar-refractivity contribution in [2.75, 3.05) is 6.54 Å². The Morgan fingerprint density at radius 1 is 1.50 bits per heavy atom. The first-order valence-corrected chi connectivity index (χ1v) is 3.29. The van der Waals surface area contributed by atoms with Crippen LogP contribution in [0.5, 0.6) is 0 Å². The largest absolute Gasteiger partial charge is 0.301 e. The Bertz CT molecular complexity index is 110. The lowest BCUT2D eigenvalue weighted by molar-refractivity contribution is -0.0320. The van der Waals surface area contributed by atoms with Gasteiger partial charge in [0, 0.05) is 19.4 Å². The third-order valence-corrected chi connectivity index (χ3v) is 1.64. The van der Waals surface area contributed by atoms with Crippen molar-refractivity contribution < 1.29 is 8.78 Å². The first-order valence-electron chi connectivity index (χ1n) is 2.85. The Morgan fingerprint density at radius 3 is 2.40 bits per heavy atom. The van der Waals surface area contributed by atoms with E-state index >= 15 is 0 Å². The summed E-state index contributed by atoms with van der Waals surface area (Å²) in [6.45, 7) is 0.321. The Balaban J connectivity index is 0.000000810. The van der Waals surface area contributed by atoms with E-state index in [0.29, 0.717) is 6.54 Å². The molecule has 10 heavy (non-hydrogen) atoms. The van der Waals surface area contributed by atoms with Crippen LogP contribution in [-0.2, 0) is 0 Å². The van der Waals surface area contributed by atoms with E-state index in [0.717, 1.165) is 0 Å². The van der Waals surface area contributed by atoms with Gasteiger partial charge < -0.3 is 5.32 Å². The molecule has 1 atom stereocenters. The number of alkyl halides is 3. The van der Waals surface area contributed by atoms with Gasteiger partial charge in [-0.25, -0.2) is 8.78 Å². The summed E-state index contributed by atoms with van der Waals surface area (Å²) in [5, 5.41) is 2.72. The van der Waals surface area contributed by atoms with Gasteiger partial charge in [-0.05, 0) is 0 Å². The van der Waals surface area contributed by atoms with Crippen LogP contribution < -0.4 is 5.32 Å². The molecule has 0 aromatic rings. The predicted octanol–water partition coefficient (Wildman–Crippen LogP) is 1.99. The molecular formula is C5H9Cl2F2N. The lowest BCUT2D eigenvalue weighted by Gasteiger charge is -2.25. The minimum Gasteiger partial charge on any atom is -0.301 e. The maximum Gasteiger partial charge on any atom is 0.252 e. The second-order valence-corrected chi connectivity index (χ2v) is 2.76. The summed E-state index contributed by atoms with van der Waals surface area (Å²) in [5.41, 5.74) is -0.547. The van der Waals surface area contributed by atoms with Gasteiger partial charge in [-0.3, -0.25) is 0 Å². The number of piperidine rings is 1. The Kier molecular flexibility index (Phi) is 3.84. The number of hydrogen-bond acceptors (Lipinski definition) is 1. The summed E-state index contributed by atoms with van der Waals surface area (Å²) in [6, 6.07) is 0. The van der Waals surface area contributed by atoms with Crippen LogP contribution in [0.1, 0.15) is 12.8 Å². The van der Waals surface area contributed by atoms with Crippen molar-refractivity contribution in [1.82, 2.24) is 5.32 Å². The third-order valence-electron chi connectivity index (χ3n) is 1.33. The highest BCUT2D eigenvalue weighted by Gasteiger charge is 2.34. The second kappa shape index (κ2) is 3.69. The first kappa shape index (κ1) is 10.4. The van der Waals surface area contributed by atoms with Gasteiger partial charge in [0.1, 0.15) is 0 Å². The zero-order valence-corrected chi connectivity index (χ0v) is 6.81. The minimum atomic E-state index is -2.54. The van der Waals surface area contributed by atoms with E-state index in [1.54, 1.807) is 0 Å². The molecular weight excluding hydrogens is 183 g/mol. The normalized spacial score (nSPS) is 30.9. The van der Waals surface area contributed by atoms with Crippen molar-refractivity contribution in [3.05, 3.63) is 0 Å². The van der Waals surface area contributed by atoms with E-state index in [4.69, 9.17) is 11.6 Å². The standard InChI is InChI=1S/C5H8ClF2N.ClH/c6-4-3-5(7,8)1-2-9-4;/h4,9H,1-3H2;1H. The van der Waals surface area contributed by atoms with Gasteiger partial charge in [-0.15, -0.1) is 24.0 Å². The first-order chi connectivity index (χ1) is 4.10. The number of nitrogens with one attached hydrogen (secondary N) is 1. The maximum atomic E-state index is 12.3. The molecule has 0 aromatic heterocycles. The Hall–Kier alpha value is 0.400. The minimum absolute atomic E-state index is 0. The molecule has 1 saturated heterocycles. The van der Waals surface area contributed by atoms with Crippen molar-refractivity contribution in [1.29, 1.82) is 0 Å². The molecule has 0 radical (unpaired) electrons. The van der Waals surface area contributed by atoms with Gasteiger partial charge in [-0.1, -0.05) is 0 Å². The fourth-order valence-corrected chi connectivity index (χ4v) is 1.18. The maximum absolute atomic E-state index is 12.3. The smallest absolute Gasteiger partial charge is 0.252 e. The average Bonchev–Trinajstić information content (AvgIpc) is 1.60. The van der Waals surface area contributed by atoms with Gasteiger partial charge in [0.15, 0.2) is 0 Å². The summed E-state index contributed by atoms with van der Waals surface area (Å²) < 4.78 is 24.7. The van der Waals surface area contributed by atoms with Gasteiger partial charge in [-0.2, -0.15) is 0 Å². The zero-order chi connectivity index (χ0) is 6.91. The molecule has 1 aliphatic rings. The van der Waals surface area contributed by atoms with E-state index in [1.165, 1.54) is 0 Å². The molecule has 0 saturated carbocycles. The summed E-state index contributed by atoms with van der Waals surface area (Å²) in [7, 11) is 0. The summed E-state index contributed by atoms with van der Waals surface area (Å²) in [4.78, 5) is 0. The van der Waals surface area contributed by atoms with Crippen molar-refractivity contribution >= 4 is 24.0 Å². The molecule has 1 fully saturated rings. The molecule has 0 aromatic carbocycles. The SMILES string of the molecule is Cl.FC1(F)CCNC(Cl)C1. The molecule has 5 heteroatoms. The van der Waals surface area contributed by atoms with Crippen LogP contribution in [0.2, 0.25) is 0 Å². The lowest BCUT2D eigenvalue weighted by Crippen LogP contribution is -2.40. The van der Waals surface area contributed by atoms with Crippen molar-refractivity contribution in [2.45, 2.75) is 24.3 Å². The fraction of sp³-hybridized carbons (Fsp3) is 1.00. The van der Waals surface area contributed by atoms with Crippen LogP contribution in [0.25, 0.3) is 0 Å². The molecule has 1 unspecified atom stereocenters. The highest BCUT2D eigenvalue weighted by molar-refractivity contribution is 6.20. The monoisotopic (exact) mass is 191 g/mol. The average molecular weight is 192 g/mol. The van der Waals surface area contributed by atoms with E-state index in [9.17, 15) is 8.78 Å². The zero-order valence-electron chi connectivity index (χ0n) is 5.24. The topological polar surface area (TPSA) is 12.0 Å². The molecule has 0 aliphatic carbocycles. The lowest BCUT2D eigenvalue weighted by atomic mass is 10.1. The van der Waals surface area contributed by atoms with Crippen LogP contribution in [0.15, 0.2) is 0 Å². The molecule has 1 rings (SSSR count). The molecule has 1 N–H and O–H groups in total. The van der Waals surface area contributed by atoms with E-state index in [-0.39, 0.29) is 25.2 Å². The van der Waals surface area contributed by atoms with Crippen LogP contribution in [0, 0.1) is 0 Å². The van der Waals surface area contributed by atoms with E-state index in [1.807, 2.05) is 0 Å². The van der Waals surface area contributed by atoms with Crippen molar-refractivity contribution in [2.24, 2.45) is 0 Å². The number of halogens is 4. The van der Waals surface area contributed by atoms with E-state index in [2.05, 4.69) is 5.32 Å². The molecule has 0 spiro atoms. The van der Waals surface area contributed by atoms with Crippen LogP contribution in [-0.4, -0.2) is 18.0 Å². The molecule has 0 bridgehead atoms. The second-order valence-electron chi connectivity index (χ2n) is 2.23. The summed E-state index contributed by atoms with van der Waals surface area (Å²) in [5.74, 6) is -2.54. The quantitative estimate of drug-likeness (QED) is 0.457. The van der Waals surface area contributed by atoms with Gasteiger partial charge in [0.2, 0.25) is 0 Å². The Morgan fingerprint density at radius 2 is 2.10 bits per heavy atom. The molecule has 1 nitrogen and oxygen atoms in total. The number of rotatable bonds is 0. The number of hydrogen-bond donors (Lipinski definition) is 1. The third kappa shape index (κ3) is 2.99. The van der Waals surface area contributed by atoms with Crippen LogP contribution >= 0.6 is 24.0 Å². The molecule has 1 heterocycles. The highest BCUT2D eigenvalue weighted by atomic mass is 35.5. The van der Waals surface area contributed by atoms with Gasteiger partial charge in [0.25, 0.3) is 5.92 Å². The summed E-state index contributed by atoms with van der Waals surface area (Å²) >= 11 is 5.41. The van der Waals surface area contributed by atoms with Gasteiger partial charge in [0.05, 0.1) is 5.50 Å². The highest BCUT2D eigenvalue weighted by Crippen LogP contribution is 2.28. The van der Waals surface area contributed by atoms with Gasteiger partial charge >= 0.3 is 0 Å². The Labute approximate surface area is 69.5 Å². The van der Waals surface area contributed by atoms with E-state index < -0.39 is 11.4 Å². The molecule has 0 amide bonds. The molecule has 1 aliphatic heterocycles. The van der Waals surface area contributed by atoms with Crippen molar-refractivity contribution in [3.63, 3.8) is 0 Å². The fourth-order valence-electron chi connectivity index (χ4n) is 0.848. The summed E-state index contributed by atoms with van der Waals surface area (Å²) in [6.07, 6.45) is -0.329. The van der Waals surface area contributed by atoms with Crippen LogP contribution in [0.3, 0.4) is 0 Å².